The molecule has 0 fully saturated rings. The van der Waals surface area contributed by atoms with E-state index in [4.69, 9.17) is 0 Å². The summed E-state index contributed by atoms with van der Waals surface area (Å²) in [5.74, 6) is 0. The summed E-state index contributed by atoms with van der Waals surface area (Å²) in [4.78, 5) is 0. The quantitative estimate of drug-likeness (QED) is 0.588. The monoisotopic (exact) mass is 182 g/mol. The first-order valence-electron chi connectivity index (χ1n) is 3.01. The highest BCUT2D eigenvalue weighted by Crippen LogP contribution is 2.06. The summed E-state index contributed by atoms with van der Waals surface area (Å²) in [7, 11) is 0. The van der Waals surface area contributed by atoms with Crippen LogP contribution in [0.15, 0.2) is 0 Å². The largest absolute Gasteiger partial charge is 0.248 e. The van der Waals surface area contributed by atoms with Crippen LogP contribution in [0.3, 0.4) is 0 Å². The smallest absolute Gasteiger partial charge is 0.0999 e. The molecule has 0 aromatic carbocycles. The Kier molecular flexibility index (Phi) is 5.83. The van der Waals surface area contributed by atoms with E-state index >= 15 is 0 Å². The molecular weight excluding hydrogens is 171 g/mol. The van der Waals surface area contributed by atoms with Crippen molar-refractivity contribution in [3.8, 4) is 0 Å². The second-order valence-electron chi connectivity index (χ2n) is 1.84. The second kappa shape index (κ2) is 5.54. The highest BCUT2D eigenvalue weighted by Gasteiger charge is 1.99. The molecule has 0 aromatic rings. The molecule has 8 heavy (non-hydrogen) atoms. The Bertz CT molecular complexity index is 47.8. The lowest BCUT2D eigenvalue weighted by Crippen LogP contribution is -1.96. The Morgan fingerprint density at radius 3 is 2.62 bits per heavy atom. The molecule has 0 aliphatic heterocycles. The molecule has 0 N–H and O–H groups in total. The van der Waals surface area contributed by atoms with Gasteiger partial charge in [-0.1, -0.05) is 22.9 Å². The Morgan fingerprint density at radius 1 is 1.62 bits per heavy atom. The van der Waals surface area contributed by atoms with E-state index in [1.54, 1.807) is 0 Å². The molecule has 0 aromatic heterocycles. The van der Waals surface area contributed by atoms with Crippen molar-refractivity contribution in [3.05, 3.63) is 0 Å². The number of hydrogen-bond donors (Lipinski definition) is 0. The molecule has 0 radical (unpaired) electrons. The number of rotatable bonds is 4. The zero-order chi connectivity index (χ0) is 6.41. The summed E-state index contributed by atoms with van der Waals surface area (Å²) < 4.78 is 12.3. The van der Waals surface area contributed by atoms with E-state index in [1.807, 2.05) is 6.92 Å². The Hall–Kier alpha value is 0.410. The van der Waals surface area contributed by atoms with Crippen molar-refractivity contribution in [3.63, 3.8) is 0 Å². The van der Waals surface area contributed by atoms with Gasteiger partial charge in [0.1, 0.15) is 0 Å². The van der Waals surface area contributed by atoms with Crippen molar-refractivity contribution in [2.24, 2.45) is 0 Å². The highest BCUT2D eigenvalue weighted by molar-refractivity contribution is 9.09. The molecule has 0 aliphatic carbocycles. The van der Waals surface area contributed by atoms with Gasteiger partial charge in [-0.05, 0) is 19.3 Å². The molecule has 50 valence electrons. The lowest BCUT2D eigenvalue weighted by molar-refractivity contribution is 0.304. The average molecular weight is 183 g/mol. The van der Waals surface area contributed by atoms with Crippen LogP contribution in [0.1, 0.15) is 26.2 Å². The fourth-order valence-corrected chi connectivity index (χ4v) is 0.827. The van der Waals surface area contributed by atoms with Gasteiger partial charge >= 0.3 is 0 Å². The van der Waals surface area contributed by atoms with Gasteiger partial charge < -0.3 is 0 Å². The van der Waals surface area contributed by atoms with E-state index in [2.05, 4.69) is 15.9 Å². The standard InChI is InChI=1S/C6H12BrF/c1-2-6(8)4-3-5-7/h6H,2-5H2,1H3/t6-/m1/s1. The lowest BCUT2D eigenvalue weighted by Gasteiger charge is -2.00. The van der Waals surface area contributed by atoms with Gasteiger partial charge in [-0.25, -0.2) is 4.39 Å². The maximum Gasteiger partial charge on any atom is 0.0999 e. The zero-order valence-electron chi connectivity index (χ0n) is 5.16. The molecule has 0 rings (SSSR count). The summed E-state index contributed by atoms with van der Waals surface area (Å²) in [6, 6.07) is 0. The Morgan fingerprint density at radius 2 is 2.25 bits per heavy atom. The highest BCUT2D eigenvalue weighted by atomic mass is 79.9. The predicted octanol–water partition coefficient (Wildman–Crippen LogP) is 2.91. The molecule has 0 heterocycles. The molecule has 0 amide bonds. The fourth-order valence-electron chi connectivity index (χ4n) is 0.503. The van der Waals surface area contributed by atoms with Gasteiger partial charge in [-0.2, -0.15) is 0 Å². The van der Waals surface area contributed by atoms with Crippen LogP contribution in [0.5, 0.6) is 0 Å². The summed E-state index contributed by atoms with van der Waals surface area (Å²) in [6.07, 6.45) is 1.75. The van der Waals surface area contributed by atoms with Gasteiger partial charge in [0.25, 0.3) is 0 Å². The SMILES string of the molecule is CC[C@@H](F)CCCBr. The van der Waals surface area contributed by atoms with Gasteiger partial charge in [0.05, 0.1) is 6.17 Å². The van der Waals surface area contributed by atoms with E-state index in [1.165, 1.54) is 0 Å². The molecule has 0 saturated carbocycles. The van der Waals surface area contributed by atoms with Crippen molar-refractivity contribution in [2.45, 2.75) is 32.4 Å². The van der Waals surface area contributed by atoms with Crippen LogP contribution in [-0.4, -0.2) is 11.5 Å². The van der Waals surface area contributed by atoms with Crippen LogP contribution in [-0.2, 0) is 0 Å². The number of alkyl halides is 2. The third-order valence-corrected chi connectivity index (χ3v) is 1.65. The van der Waals surface area contributed by atoms with Crippen LogP contribution >= 0.6 is 15.9 Å². The van der Waals surface area contributed by atoms with Crippen molar-refractivity contribution < 1.29 is 4.39 Å². The summed E-state index contributed by atoms with van der Waals surface area (Å²) >= 11 is 3.24. The summed E-state index contributed by atoms with van der Waals surface area (Å²) in [5, 5.41) is 0.924. The van der Waals surface area contributed by atoms with Crippen molar-refractivity contribution in [1.82, 2.24) is 0 Å². The molecule has 0 bridgehead atoms. The summed E-state index contributed by atoms with van der Waals surface area (Å²) in [6.45, 7) is 1.87. The molecule has 0 saturated heterocycles. The Balaban J connectivity index is 2.86. The number of hydrogen-bond acceptors (Lipinski definition) is 0. The maximum atomic E-state index is 12.3. The van der Waals surface area contributed by atoms with Crippen LogP contribution in [0.25, 0.3) is 0 Å². The topological polar surface area (TPSA) is 0 Å². The maximum absolute atomic E-state index is 12.3. The van der Waals surface area contributed by atoms with E-state index < -0.39 is 6.17 Å². The van der Waals surface area contributed by atoms with Gasteiger partial charge in [-0.15, -0.1) is 0 Å². The second-order valence-corrected chi connectivity index (χ2v) is 2.63. The predicted molar refractivity (Wildman–Crippen MR) is 38.2 cm³/mol. The molecular formula is C6H12BrF. The summed E-state index contributed by atoms with van der Waals surface area (Å²) in [5.41, 5.74) is 0. The third kappa shape index (κ3) is 4.57. The molecule has 1 atom stereocenters. The third-order valence-electron chi connectivity index (χ3n) is 1.09. The minimum atomic E-state index is -0.576. The molecule has 0 spiro atoms. The first-order valence-corrected chi connectivity index (χ1v) is 4.13. The van der Waals surface area contributed by atoms with E-state index in [9.17, 15) is 4.39 Å². The normalized spacial score (nSPS) is 13.9. The van der Waals surface area contributed by atoms with E-state index in [0.29, 0.717) is 12.8 Å². The first kappa shape index (κ1) is 8.41. The van der Waals surface area contributed by atoms with Gasteiger partial charge in [-0.3, -0.25) is 0 Å². The van der Waals surface area contributed by atoms with Crippen molar-refractivity contribution in [2.75, 3.05) is 5.33 Å². The number of halogens is 2. The molecule has 0 aliphatic rings. The van der Waals surface area contributed by atoms with Crippen molar-refractivity contribution in [1.29, 1.82) is 0 Å². The fraction of sp³-hybridized carbons (Fsp3) is 1.00. The van der Waals surface area contributed by atoms with Gasteiger partial charge in [0.15, 0.2) is 0 Å². The van der Waals surface area contributed by atoms with Crippen LogP contribution in [0, 0.1) is 0 Å². The molecule has 0 unspecified atom stereocenters. The first-order chi connectivity index (χ1) is 3.81. The lowest BCUT2D eigenvalue weighted by atomic mass is 10.2. The van der Waals surface area contributed by atoms with Crippen LogP contribution in [0.2, 0.25) is 0 Å². The minimum Gasteiger partial charge on any atom is -0.248 e. The average Bonchev–Trinajstić information content (AvgIpc) is 1.83. The zero-order valence-corrected chi connectivity index (χ0v) is 6.75. The minimum absolute atomic E-state index is 0.576. The van der Waals surface area contributed by atoms with Gasteiger partial charge in [0.2, 0.25) is 0 Å². The van der Waals surface area contributed by atoms with Gasteiger partial charge in [0, 0.05) is 5.33 Å². The van der Waals surface area contributed by atoms with Crippen molar-refractivity contribution >= 4 is 15.9 Å². The van der Waals surface area contributed by atoms with E-state index in [0.717, 1.165) is 11.8 Å². The molecule has 2 heteroatoms. The van der Waals surface area contributed by atoms with Crippen LogP contribution < -0.4 is 0 Å². The molecule has 0 nitrogen and oxygen atoms in total. The van der Waals surface area contributed by atoms with Crippen LogP contribution in [0.4, 0.5) is 4.39 Å². The van der Waals surface area contributed by atoms with E-state index in [-0.39, 0.29) is 0 Å². The Labute approximate surface area is 58.6 Å².